The van der Waals surface area contributed by atoms with E-state index in [0.29, 0.717) is 10.3 Å². The van der Waals surface area contributed by atoms with Gasteiger partial charge >= 0.3 is 0 Å². The van der Waals surface area contributed by atoms with Crippen LogP contribution in [0.5, 0.6) is 0 Å². The number of aryl methyl sites for hydroxylation is 1. The number of halogens is 1. The van der Waals surface area contributed by atoms with Crippen LogP contribution in [-0.4, -0.2) is 29.3 Å². The molecule has 5 nitrogen and oxygen atoms in total. The fourth-order valence-corrected chi connectivity index (χ4v) is 5.35. The zero-order chi connectivity index (χ0) is 24.0. The summed E-state index contributed by atoms with van der Waals surface area (Å²) < 4.78 is 26.5. The average molecular weight is 525 g/mol. The topological polar surface area (TPSA) is 72.2 Å². The normalized spacial score (nSPS) is 12.2. The number of rotatable bonds is 5. The maximum absolute atomic E-state index is 11.9. The van der Waals surface area contributed by atoms with Crippen molar-refractivity contribution >= 4 is 25.8 Å². The van der Waals surface area contributed by atoms with Crippen LogP contribution in [-0.2, 0) is 15.4 Å². The lowest BCUT2D eigenvalue weighted by Crippen LogP contribution is -2.16. The lowest BCUT2D eigenvalue weighted by molar-refractivity contribution is 0.0734. The Balaban J connectivity index is 1.85. The van der Waals surface area contributed by atoms with Gasteiger partial charge in [0.25, 0.3) is 0 Å². The molecule has 1 aromatic heterocycles. The van der Waals surface area contributed by atoms with E-state index in [0.717, 1.165) is 33.8 Å². The fraction of sp³-hybridized carbons (Fsp3) is 0.192. The van der Waals surface area contributed by atoms with E-state index in [1.54, 1.807) is 32.0 Å². The minimum absolute atomic E-state index is 0.290. The number of aromatic nitrogens is 2. The van der Waals surface area contributed by atoms with Gasteiger partial charge in [0.1, 0.15) is 21.7 Å². The monoisotopic (exact) mass is 524 g/mol. The maximum Gasteiger partial charge on any atom is 0.175 e. The molecule has 0 atom stereocenters. The van der Waals surface area contributed by atoms with Crippen LogP contribution in [0.4, 0.5) is 0 Å². The van der Waals surface area contributed by atoms with Gasteiger partial charge in [-0.1, -0.05) is 48.5 Å². The molecule has 0 fully saturated rings. The van der Waals surface area contributed by atoms with Gasteiger partial charge < -0.3 is 5.11 Å². The second kappa shape index (κ2) is 8.56. The van der Waals surface area contributed by atoms with Gasteiger partial charge in [-0.2, -0.15) is 0 Å². The molecule has 0 aliphatic heterocycles. The van der Waals surface area contributed by atoms with Crippen LogP contribution in [0.1, 0.15) is 25.1 Å². The van der Waals surface area contributed by atoms with Crippen molar-refractivity contribution in [2.45, 2.75) is 31.3 Å². The largest absolute Gasteiger partial charge is 0.384 e. The molecule has 0 radical (unpaired) electrons. The Kier molecular flexibility index (Phi) is 6.07. The molecule has 0 spiro atoms. The number of hydrogen-bond acceptors (Lipinski definition) is 4. The second-order valence-corrected chi connectivity index (χ2v) is 11.4. The Hall–Kier alpha value is -2.74. The SMILES string of the molecule is Cc1ccccc1-c1nc(C(C)(C)O)c(Br)n1-c1ccc(-c2cccc(S(C)(=O)=O)c2)cc1. The van der Waals surface area contributed by atoms with Gasteiger partial charge in [0.2, 0.25) is 0 Å². The molecule has 170 valence electrons. The molecule has 0 unspecified atom stereocenters. The van der Waals surface area contributed by atoms with Crippen molar-refractivity contribution in [3.63, 3.8) is 0 Å². The highest BCUT2D eigenvalue weighted by molar-refractivity contribution is 9.10. The number of hydrogen-bond donors (Lipinski definition) is 1. The van der Waals surface area contributed by atoms with E-state index in [4.69, 9.17) is 4.98 Å². The first-order valence-corrected chi connectivity index (χ1v) is 13.1. The molecule has 7 heteroatoms. The highest BCUT2D eigenvalue weighted by atomic mass is 79.9. The molecule has 33 heavy (non-hydrogen) atoms. The van der Waals surface area contributed by atoms with Gasteiger partial charge in [-0.3, -0.25) is 4.57 Å². The van der Waals surface area contributed by atoms with Gasteiger partial charge in [0, 0.05) is 17.5 Å². The molecular formula is C26H25BrN2O3S. The Morgan fingerprint density at radius 3 is 2.21 bits per heavy atom. The van der Waals surface area contributed by atoms with E-state index < -0.39 is 15.4 Å². The summed E-state index contributed by atoms with van der Waals surface area (Å²) >= 11 is 3.67. The lowest BCUT2D eigenvalue weighted by Gasteiger charge is -2.15. The first-order chi connectivity index (χ1) is 15.5. The number of sulfone groups is 1. The molecule has 0 bridgehead atoms. The summed E-state index contributed by atoms with van der Waals surface area (Å²) in [5.74, 6) is 0.726. The number of imidazole rings is 1. The molecular weight excluding hydrogens is 500 g/mol. The lowest BCUT2D eigenvalue weighted by atomic mass is 10.1. The maximum atomic E-state index is 11.9. The summed E-state index contributed by atoms with van der Waals surface area (Å²) in [5.41, 5.74) is 4.06. The van der Waals surface area contributed by atoms with Crippen LogP contribution in [0, 0.1) is 6.92 Å². The Labute approximate surface area is 202 Å². The Bertz CT molecular complexity index is 1430. The Morgan fingerprint density at radius 1 is 0.939 bits per heavy atom. The van der Waals surface area contributed by atoms with Crippen LogP contribution in [0.15, 0.2) is 82.3 Å². The molecule has 0 amide bonds. The molecule has 4 rings (SSSR count). The van der Waals surface area contributed by atoms with Gasteiger partial charge in [-0.15, -0.1) is 0 Å². The van der Waals surface area contributed by atoms with Crippen LogP contribution >= 0.6 is 15.9 Å². The zero-order valence-electron chi connectivity index (χ0n) is 18.9. The number of nitrogens with zero attached hydrogens (tertiary/aromatic N) is 2. The van der Waals surface area contributed by atoms with Crippen LogP contribution < -0.4 is 0 Å². The highest BCUT2D eigenvalue weighted by Crippen LogP contribution is 2.36. The predicted octanol–water partition coefficient (Wildman–Crippen LogP) is 5.91. The smallest absolute Gasteiger partial charge is 0.175 e. The molecule has 0 aliphatic rings. The molecule has 0 aliphatic carbocycles. The van der Waals surface area contributed by atoms with Crippen LogP contribution in [0.2, 0.25) is 0 Å². The minimum Gasteiger partial charge on any atom is -0.384 e. The van der Waals surface area contributed by atoms with Crippen LogP contribution in [0.3, 0.4) is 0 Å². The summed E-state index contributed by atoms with van der Waals surface area (Å²) in [6.07, 6.45) is 1.21. The van der Waals surface area contributed by atoms with Crippen molar-refractivity contribution < 1.29 is 13.5 Å². The third-order valence-corrected chi connectivity index (χ3v) is 7.35. The van der Waals surface area contributed by atoms with Gasteiger partial charge in [0.15, 0.2) is 9.84 Å². The number of aliphatic hydroxyl groups is 1. The van der Waals surface area contributed by atoms with Crippen LogP contribution in [0.25, 0.3) is 28.2 Å². The highest BCUT2D eigenvalue weighted by Gasteiger charge is 2.28. The third-order valence-electron chi connectivity index (χ3n) is 5.51. The van der Waals surface area contributed by atoms with E-state index in [-0.39, 0.29) is 4.90 Å². The van der Waals surface area contributed by atoms with E-state index >= 15 is 0 Å². The summed E-state index contributed by atoms with van der Waals surface area (Å²) in [4.78, 5) is 5.10. The first-order valence-electron chi connectivity index (χ1n) is 10.4. The van der Waals surface area contributed by atoms with Gasteiger partial charge in [0.05, 0.1) is 4.90 Å². The quantitative estimate of drug-likeness (QED) is 0.352. The van der Waals surface area contributed by atoms with Crippen molar-refractivity contribution in [3.8, 4) is 28.2 Å². The first kappa shape index (κ1) is 23.4. The molecule has 1 N–H and O–H groups in total. The van der Waals surface area contributed by atoms with E-state index in [2.05, 4.69) is 15.9 Å². The summed E-state index contributed by atoms with van der Waals surface area (Å²) in [7, 11) is -3.28. The molecule has 3 aromatic carbocycles. The van der Waals surface area contributed by atoms with Crippen molar-refractivity contribution in [2.24, 2.45) is 0 Å². The van der Waals surface area contributed by atoms with Crippen molar-refractivity contribution in [2.75, 3.05) is 6.26 Å². The fourth-order valence-electron chi connectivity index (χ4n) is 3.74. The van der Waals surface area contributed by atoms with E-state index in [1.165, 1.54) is 6.26 Å². The van der Waals surface area contributed by atoms with Crippen molar-refractivity contribution in [1.29, 1.82) is 0 Å². The van der Waals surface area contributed by atoms with Gasteiger partial charge in [-0.25, -0.2) is 13.4 Å². The summed E-state index contributed by atoms with van der Waals surface area (Å²) in [6, 6.07) is 22.8. The van der Waals surface area contributed by atoms with E-state index in [9.17, 15) is 13.5 Å². The average Bonchev–Trinajstić information content (AvgIpc) is 3.11. The third kappa shape index (κ3) is 4.67. The number of benzene rings is 3. The standard InChI is InChI=1S/C26H25BrN2O3S/c1-17-8-5-6-11-22(17)25-28-23(26(2,3)30)24(27)29(25)20-14-12-18(13-15-20)19-9-7-10-21(16-19)33(4,31)32/h5-16,30H,1-4H3. The zero-order valence-corrected chi connectivity index (χ0v) is 21.3. The minimum atomic E-state index is -3.28. The summed E-state index contributed by atoms with van der Waals surface area (Å²) in [6.45, 7) is 5.46. The molecule has 1 heterocycles. The Morgan fingerprint density at radius 2 is 1.61 bits per heavy atom. The molecule has 0 saturated carbocycles. The second-order valence-electron chi connectivity index (χ2n) is 8.63. The predicted molar refractivity (Wildman–Crippen MR) is 135 cm³/mol. The molecule has 4 aromatic rings. The van der Waals surface area contributed by atoms with E-state index in [1.807, 2.05) is 66.1 Å². The summed E-state index contributed by atoms with van der Waals surface area (Å²) in [5, 5.41) is 10.7. The van der Waals surface area contributed by atoms with Crippen molar-refractivity contribution in [3.05, 3.63) is 88.7 Å². The van der Waals surface area contributed by atoms with Crippen molar-refractivity contribution in [1.82, 2.24) is 9.55 Å². The molecule has 0 saturated heterocycles. The van der Waals surface area contributed by atoms with Gasteiger partial charge in [-0.05, 0) is 77.7 Å².